The van der Waals surface area contributed by atoms with Crippen LogP contribution in [-0.2, 0) is 10.1 Å². The van der Waals surface area contributed by atoms with E-state index in [9.17, 15) is 13.0 Å². The summed E-state index contributed by atoms with van der Waals surface area (Å²) in [6.45, 7) is 0. The highest BCUT2D eigenvalue weighted by molar-refractivity contribution is 7.95. The predicted octanol–water partition coefficient (Wildman–Crippen LogP) is 3.64. The van der Waals surface area contributed by atoms with Crippen LogP contribution < -0.4 is 0 Å². The SMILES string of the molecule is O=S(=O)(O)C(=C1CCCCCC1)c1ccccc1. The lowest BCUT2D eigenvalue weighted by molar-refractivity contribution is 0.495. The van der Waals surface area contributed by atoms with Crippen LogP contribution in [0.5, 0.6) is 0 Å². The zero-order valence-electron chi connectivity index (χ0n) is 10.3. The van der Waals surface area contributed by atoms with E-state index in [4.69, 9.17) is 0 Å². The van der Waals surface area contributed by atoms with Crippen molar-refractivity contribution in [1.29, 1.82) is 0 Å². The highest BCUT2D eigenvalue weighted by atomic mass is 32.2. The number of rotatable bonds is 2. The molecular weight excluding hydrogens is 248 g/mol. The lowest BCUT2D eigenvalue weighted by Crippen LogP contribution is -2.05. The quantitative estimate of drug-likeness (QED) is 0.656. The minimum Gasteiger partial charge on any atom is -0.282 e. The topological polar surface area (TPSA) is 54.4 Å². The predicted molar refractivity (Wildman–Crippen MR) is 72.6 cm³/mol. The summed E-state index contributed by atoms with van der Waals surface area (Å²) in [7, 11) is -4.15. The summed E-state index contributed by atoms with van der Waals surface area (Å²) >= 11 is 0. The van der Waals surface area contributed by atoms with Crippen LogP contribution in [0.1, 0.15) is 44.1 Å². The normalized spacial score (nSPS) is 17.3. The van der Waals surface area contributed by atoms with Crippen LogP contribution in [0.25, 0.3) is 4.91 Å². The summed E-state index contributed by atoms with van der Waals surface area (Å²) in [6, 6.07) is 8.89. The summed E-state index contributed by atoms with van der Waals surface area (Å²) in [4.78, 5) is 0.130. The van der Waals surface area contributed by atoms with Gasteiger partial charge in [0.25, 0.3) is 10.1 Å². The molecule has 1 fully saturated rings. The lowest BCUT2D eigenvalue weighted by atomic mass is 10.0. The van der Waals surface area contributed by atoms with Crippen molar-refractivity contribution < 1.29 is 13.0 Å². The van der Waals surface area contributed by atoms with Crippen molar-refractivity contribution in [2.75, 3.05) is 0 Å². The Morgan fingerprint density at radius 1 is 0.944 bits per heavy atom. The average Bonchev–Trinajstić information content (AvgIpc) is 2.58. The maximum absolute atomic E-state index is 11.6. The van der Waals surface area contributed by atoms with Crippen molar-refractivity contribution in [3.05, 3.63) is 41.5 Å². The van der Waals surface area contributed by atoms with Crippen molar-refractivity contribution in [2.45, 2.75) is 38.5 Å². The first kappa shape index (κ1) is 13.3. The number of benzene rings is 1. The lowest BCUT2D eigenvalue weighted by Gasteiger charge is -2.11. The average molecular weight is 266 g/mol. The van der Waals surface area contributed by atoms with Crippen LogP contribution in [0.3, 0.4) is 0 Å². The molecule has 0 aromatic heterocycles. The third-order valence-electron chi connectivity index (χ3n) is 3.32. The molecule has 0 bridgehead atoms. The molecule has 0 spiro atoms. The smallest absolute Gasteiger partial charge is 0.282 e. The summed E-state index contributed by atoms with van der Waals surface area (Å²) in [5.74, 6) is 0. The van der Waals surface area contributed by atoms with Gasteiger partial charge in [0.2, 0.25) is 0 Å². The molecule has 4 heteroatoms. The second-order valence-corrected chi connectivity index (χ2v) is 6.05. The minimum absolute atomic E-state index is 0.130. The standard InChI is InChI=1S/C14H18O3S/c15-18(16,17)14(13-10-6-3-7-11-13)12-8-4-1-2-5-9-12/h3,6-7,10-11H,1-2,4-5,8-9H2,(H,15,16,17). The Morgan fingerprint density at radius 2 is 1.50 bits per heavy atom. The van der Waals surface area contributed by atoms with E-state index < -0.39 is 10.1 Å². The van der Waals surface area contributed by atoms with Gasteiger partial charge in [-0.1, -0.05) is 43.2 Å². The molecule has 1 saturated carbocycles. The van der Waals surface area contributed by atoms with E-state index in [0.29, 0.717) is 5.56 Å². The molecule has 2 rings (SSSR count). The van der Waals surface area contributed by atoms with Gasteiger partial charge in [-0.05, 0) is 36.8 Å². The molecule has 0 amide bonds. The maximum atomic E-state index is 11.6. The first-order chi connectivity index (χ1) is 8.59. The Balaban J connectivity index is 2.52. The van der Waals surface area contributed by atoms with Crippen LogP contribution in [0.4, 0.5) is 0 Å². The third-order valence-corrected chi connectivity index (χ3v) is 4.36. The molecule has 0 atom stereocenters. The fourth-order valence-electron chi connectivity index (χ4n) is 2.51. The van der Waals surface area contributed by atoms with Gasteiger partial charge >= 0.3 is 0 Å². The summed E-state index contributed by atoms with van der Waals surface area (Å²) in [5.41, 5.74) is 1.47. The minimum atomic E-state index is -4.15. The first-order valence-electron chi connectivity index (χ1n) is 6.34. The molecule has 1 aromatic carbocycles. The van der Waals surface area contributed by atoms with Crippen molar-refractivity contribution >= 4 is 15.0 Å². The molecule has 98 valence electrons. The summed E-state index contributed by atoms with van der Waals surface area (Å²) in [6.07, 6.45) is 5.81. The van der Waals surface area contributed by atoms with Crippen LogP contribution in [-0.4, -0.2) is 13.0 Å². The molecular formula is C14H18O3S. The molecule has 0 aliphatic heterocycles. The Morgan fingerprint density at radius 3 is 2.00 bits per heavy atom. The van der Waals surface area contributed by atoms with Gasteiger partial charge in [-0.15, -0.1) is 0 Å². The second kappa shape index (κ2) is 5.67. The first-order valence-corrected chi connectivity index (χ1v) is 7.78. The zero-order chi connectivity index (χ0) is 13.0. The molecule has 0 heterocycles. The molecule has 0 saturated heterocycles. The van der Waals surface area contributed by atoms with E-state index >= 15 is 0 Å². The monoisotopic (exact) mass is 266 g/mol. The third kappa shape index (κ3) is 3.21. The van der Waals surface area contributed by atoms with Gasteiger partial charge in [0.05, 0.1) is 0 Å². The van der Waals surface area contributed by atoms with Gasteiger partial charge < -0.3 is 0 Å². The Kier molecular flexibility index (Phi) is 4.19. The summed E-state index contributed by atoms with van der Waals surface area (Å²) < 4.78 is 32.8. The van der Waals surface area contributed by atoms with E-state index in [1.807, 2.05) is 6.07 Å². The maximum Gasteiger partial charge on any atom is 0.295 e. The fourth-order valence-corrected chi connectivity index (χ4v) is 3.51. The van der Waals surface area contributed by atoms with Crippen LogP contribution in [0.15, 0.2) is 35.9 Å². The van der Waals surface area contributed by atoms with Crippen LogP contribution >= 0.6 is 0 Å². The Labute approximate surface area is 108 Å². The highest BCUT2D eigenvalue weighted by Gasteiger charge is 2.21. The van der Waals surface area contributed by atoms with Crippen molar-refractivity contribution in [2.24, 2.45) is 0 Å². The van der Waals surface area contributed by atoms with Gasteiger partial charge in [-0.3, -0.25) is 4.55 Å². The van der Waals surface area contributed by atoms with Crippen molar-refractivity contribution in [1.82, 2.24) is 0 Å². The molecule has 1 aromatic rings. The zero-order valence-corrected chi connectivity index (χ0v) is 11.1. The number of hydrogen-bond acceptors (Lipinski definition) is 2. The van der Waals surface area contributed by atoms with Crippen LogP contribution in [0, 0.1) is 0 Å². The van der Waals surface area contributed by atoms with Crippen molar-refractivity contribution in [3.63, 3.8) is 0 Å². The number of allylic oxidation sites excluding steroid dienone is 1. The molecule has 3 nitrogen and oxygen atoms in total. The van der Waals surface area contributed by atoms with E-state index in [2.05, 4.69) is 0 Å². The van der Waals surface area contributed by atoms with Gasteiger partial charge in [0.15, 0.2) is 0 Å². The van der Waals surface area contributed by atoms with Gasteiger partial charge in [0, 0.05) is 0 Å². The van der Waals surface area contributed by atoms with E-state index in [1.54, 1.807) is 24.3 Å². The molecule has 1 aliphatic carbocycles. The van der Waals surface area contributed by atoms with E-state index in [1.165, 1.54) is 0 Å². The Hall–Kier alpha value is -1.13. The molecule has 18 heavy (non-hydrogen) atoms. The van der Waals surface area contributed by atoms with Gasteiger partial charge in [-0.25, -0.2) is 0 Å². The fraction of sp³-hybridized carbons (Fsp3) is 0.429. The van der Waals surface area contributed by atoms with E-state index in [-0.39, 0.29) is 4.91 Å². The van der Waals surface area contributed by atoms with Gasteiger partial charge in [-0.2, -0.15) is 8.42 Å². The van der Waals surface area contributed by atoms with E-state index in [0.717, 1.165) is 44.1 Å². The molecule has 0 unspecified atom stereocenters. The largest absolute Gasteiger partial charge is 0.295 e. The molecule has 0 radical (unpaired) electrons. The summed E-state index contributed by atoms with van der Waals surface area (Å²) in [5, 5.41) is 0. The highest BCUT2D eigenvalue weighted by Crippen LogP contribution is 2.32. The van der Waals surface area contributed by atoms with Crippen molar-refractivity contribution in [3.8, 4) is 0 Å². The molecule has 1 aliphatic rings. The van der Waals surface area contributed by atoms with Gasteiger partial charge in [0.1, 0.15) is 4.91 Å². The van der Waals surface area contributed by atoms with Crippen LogP contribution in [0.2, 0.25) is 0 Å². The Bertz CT molecular complexity index is 519. The molecule has 1 N–H and O–H groups in total. The number of hydrogen-bond donors (Lipinski definition) is 1. The second-order valence-electron chi connectivity index (χ2n) is 4.69.